The van der Waals surface area contributed by atoms with E-state index in [1.54, 1.807) is 0 Å². The van der Waals surface area contributed by atoms with Crippen LogP contribution >= 0.6 is 23.2 Å². The van der Waals surface area contributed by atoms with Crippen LogP contribution in [0.2, 0.25) is 10.0 Å². The fourth-order valence-corrected chi connectivity index (χ4v) is 7.44. The molecule has 3 heteroatoms. The van der Waals surface area contributed by atoms with Crippen molar-refractivity contribution in [2.45, 2.75) is 47.5 Å². The molecule has 0 N–H and O–H groups in total. The molecule has 0 nitrogen and oxygen atoms in total. The van der Waals surface area contributed by atoms with Crippen LogP contribution in [0.3, 0.4) is 0 Å². The van der Waals surface area contributed by atoms with Gasteiger partial charge in [-0.1, -0.05) is 87.8 Å². The van der Waals surface area contributed by atoms with Gasteiger partial charge in [0.1, 0.15) is 0 Å². The maximum atomic E-state index is 5.84. The van der Waals surface area contributed by atoms with Crippen molar-refractivity contribution in [2.75, 3.05) is 0 Å². The van der Waals surface area contributed by atoms with Gasteiger partial charge >= 0.3 is 123 Å². The van der Waals surface area contributed by atoms with Crippen molar-refractivity contribution in [3.63, 3.8) is 0 Å². The van der Waals surface area contributed by atoms with Gasteiger partial charge in [-0.25, -0.2) is 5.57 Å². The molecule has 2 aliphatic carbocycles. The van der Waals surface area contributed by atoms with Crippen molar-refractivity contribution in [2.24, 2.45) is 11.3 Å². The van der Waals surface area contributed by atoms with E-state index in [1.807, 2.05) is 30.3 Å². The number of rotatable bonds is 3. The Bertz CT molecular complexity index is 1520. The van der Waals surface area contributed by atoms with E-state index in [-0.39, 0.29) is 0 Å². The van der Waals surface area contributed by atoms with E-state index in [2.05, 4.69) is 121 Å². The number of fused-ring (bicyclic) bond motifs is 3. The summed E-state index contributed by atoms with van der Waals surface area (Å²) in [6.45, 7) is 11.2. The van der Waals surface area contributed by atoms with Crippen LogP contribution in [0.25, 0.3) is 11.1 Å². The minimum absolute atomic E-state index is 0.295. The molecule has 2 aliphatic rings. The molecular weight excluding hydrogens is 631 g/mol. The van der Waals surface area contributed by atoms with Crippen molar-refractivity contribution in [3.05, 3.63) is 153 Å². The van der Waals surface area contributed by atoms with Crippen molar-refractivity contribution in [1.29, 1.82) is 0 Å². The summed E-state index contributed by atoms with van der Waals surface area (Å²) >= 11 is 11.0. The molecule has 0 saturated carbocycles. The van der Waals surface area contributed by atoms with Crippen molar-refractivity contribution in [3.8, 4) is 11.1 Å². The van der Waals surface area contributed by atoms with Gasteiger partial charge in [0, 0.05) is 0 Å². The summed E-state index contributed by atoms with van der Waals surface area (Å²) in [5, 5.41) is 1.57. The first kappa shape index (κ1) is 32.5. The molecule has 1 unspecified atom stereocenters. The fraction of sp³-hybridized carbons (Fsp3) is 0.231. The Labute approximate surface area is 273 Å². The van der Waals surface area contributed by atoms with Crippen molar-refractivity contribution >= 4 is 30.6 Å². The van der Waals surface area contributed by atoms with E-state index in [0.29, 0.717) is 11.3 Å². The summed E-state index contributed by atoms with van der Waals surface area (Å²) in [4.78, 5) is 0. The molecule has 0 heterocycles. The SMILES string of the molecule is CCC1=[C-]C(C)C=C1C(C)(C)C.Clc1ccc([CH]=[Zr]=[CH]c2ccc(Cl)cc2)cc1.[c-]1cccc2c1Cc1ccccc1-2. The normalized spacial score (nSPS) is 14.5. The van der Waals surface area contributed by atoms with Gasteiger partial charge in [-0.2, -0.15) is 41.5 Å². The first-order valence-corrected chi connectivity index (χ1v) is 18.1. The van der Waals surface area contributed by atoms with E-state index in [4.69, 9.17) is 23.2 Å². The molecule has 0 bridgehead atoms. The van der Waals surface area contributed by atoms with E-state index >= 15 is 0 Å². The van der Waals surface area contributed by atoms with Crippen LogP contribution in [0.4, 0.5) is 0 Å². The third-order valence-electron chi connectivity index (χ3n) is 7.16. The molecule has 0 spiro atoms. The zero-order valence-corrected chi connectivity index (χ0v) is 29.1. The predicted molar refractivity (Wildman–Crippen MR) is 181 cm³/mol. The Morgan fingerprint density at radius 2 is 1.38 bits per heavy atom. The number of hydrogen-bond acceptors (Lipinski definition) is 0. The zero-order valence-electron chi connectivity index (χ0n) is 25.1. The van der Waals surface area contributed by atoms with E-state index in [0.717, 1.165) is 22.9 Å². The van der Waals surface area contributed by atoms with Crippen molar-refractivity contribution < 1.29 is 22.3 Å². The van der Waals surface area contributed by atoms with Gasteiger partial charge in [-0.05, 0) is 6.42 Å². The summed E-state index contributed by atoms with van der Waals surface area (Å²) in [5.41, 5.74) is 11.2. The summed E-state index contributed by atoms with van der Waals surface area (Å²) in [6, 6.07) is 34.0. The third kappa shape index (κ3) is 9.28. The Balaban J connectivity index is 0.000000147. The fourth-order valence-electron chi connectivity index (χ4n) is 5.09. The Morgan fingerprint density at radius 1 is 0.810 bits per heavy atom. The maximum absolute atomic E-state index is 5.84. The molecule has 4 aromatic rings. The molecule has 6 rings (SSSR count). The van der Waals surface area contributed by atoms with Gasteiger partial charge in [-0.3, -0.25) is 6.08 Å². The first-order valence-electron chi connectivity index (χ1n) is 14.5. The molecule has 1 atom stereocenters. The van der Waals surface area contributed by atoms with Crippen LogP contribution in [0, 0.1) is 23.5 Å². The molecule has 214 valence electrons. The third-order valence-corrected chi connectivity index (χ3v) is 10.1. The molecule has 0 saturated heterocycles. The molecule has 0 aliphatic heterocycles. The number of benzene rings is 4. The van der Waals surface area contributed by atoms with Gasteiger partial charge < -0.3 is 0 Å². The van der Waals surface area contributed by atoms with Crippen LogP contribution in [0.1, 0.15) is 63.3 Å². The second-order valence-corrected chi connectivity index (χ2v) is 14.7. The van der Waals surface area contributed by atoms with Crippen LogP contribution in [-0.2, 0) is 28.7 Å². The van der Waals surface area contributed by atoms with Gasteiger partial charge in [-0.15, -0.1) is 5.56 Å². The topological polar surface area (TPSA) is 0 Å². The molecule has 0 fully saturated rings. The van der Waals surface area contributed by atoms with E-state index < -0.39 is 22.3 Å². The maximum Gasteiger partial charge on any atom is -0.0253 e. The Hall–Kier alpha value is -2.44. The predicted octanol–water partition coefficient (Wildman–Crippen LogP) is 10.9. The standard InChI is InChI=1S/C13H9.C12H19.2C7H5Cl.Zr/c1-3-7-12-10(5-1)9-11-6-2-4-8-13(11)12;1-6-10-7-9(2)8-11(10)12(3,4)5;2*1-6-2-4-7(8)5-3-6;/h1-5,7-8H,9H2;8-9H,6H2,1-5H3;2*1-5H;/q2*-1;;;. The number of allylic oxidation sites excluding steroid dienone is 4. The van der Waals surface area contributed by atoms with Crippen LogP contribution in [0.5, 0.6) is 0 Å². The minimum Gasteiger partial charge on any atom is -0.179 e. The van der Waals surface area contributed by atoms with Gasteiger partial charge in [0.05, 0.1) is 0 Å². The second-order valence-electron chi connectivity index (χ2n) is 11.6. The summed E-state index contributed by atoms with van der Waals surface area (Å²) in [6.07, 6.45) is 8.00. The number of hydrogen-bond donors (Lipinski definition) is 0. The minimum atomic E-state index is -0.623. The van der Waals surface area contributed by atoms with E-state index in [9.17, 15) is 0 Å². The monoisotopic (exact) mass is 666 g/mol. The van der Waals surface area contributed by atoms with Crippen LogP contribution in [-0.4, -0.2) is 7.42 Å². The first-order chi connectivity index (χ1) is 20.1. The average molecular weight is 669 g/mol. The molecule has 0 aromatic heterocycles. The Morgan fingerprint density at radius 3 is 1.93 bits per heavy atom. The van der Waals surface area contributed by atoms with Gasteiger partial charge in [0.25, 0.3) is 0 Å². The Kier molecular flexibility index (Phi) is 11.9. The largest absolute Gasteiger partial charge is 0.179 e. The molecule has 0 radical (unpaired) electrons. The molecular formula is C39H38Cl2Zr-2. The molecule has 42 heavy (non-hydrogen) atoms. The summed E-state index contributed by atoms with van der Waals surface area (Å²) in [7, 11) is 0. The van der Waals surface area contributed by atoms with E-state index in [1.165, 1.54) is 44.5 Å². The quantitative estimate of drug-likeness (QED) is 0.168. The van der Waals surface area contributed by atoms with Crippen molar-refractivity contribution in [1.82, 2.24) is 0 Å². The smallest absolute Gasteiger partial charge is 0.0253 e. The van der Waals surface area contributed by atoms with Gasteiger partial charge in [0.15, 0.2) is 0 Å². The number of halogens is 2. The average Bonchev–Trinajstić information content (AvgIpc) is 3.56. The molecule has 0 amide bonds. The zero-order chi connectivity index (χ0) is 30.1. The van der Waals surface area contributed by atoms with Crippen LogP contribution < -0.4 is 0 Å². The van der Waals surface area contributed by atoms with Gasteiger partial charge in [0.2, 0.25) is 0 Å². The summed E-state index contributed by atoms with van der Waals surface area (Å²) < 4.78 is 4.66. The molecule has 4 aromatic carbocycles. The van der Waals surface area contributed by atoms with Crippen LogP contribution in [0.15, 0.2) is 108 Å². The second kappa shape index (κ2) is 15.3. The summed E-state index contributed by atoms with van der Waals surface area (Å²) in [5.74, 6) is 0.522.